The van der Waals surface area contributed by atoms with Gasteiger partial charge in [0.1, 0.15) is 5.75 Å². The van der Waals surface area contributed by atoms with Gasteiger partial charge in [0.15, 0.2) is 0 Å². The minimum atomic E-state index is 0.539. The van der Waals surface area contributed by atoms with Crippen molar-refractivity contribution in [2.45, 2.75) is 25.7 Å². The van der Waals surface area contributed by atoms with Gasteiger partial charge in [0.05, 0.1) is 6.61 Å². The highest BCUT2D eigenvalue weighted by Gasteiger charge is 2.28. The number of nitrogens with one attached hydrogen (secondary N) is 1. The third kappa shape index (κ3) is 2.47. The van der Waals surface area contributed by atoms with Gasteiger partial charge < -0.3 is 10.1 Å². The average molecular weight is 231 g/mol. The zero-order valence-corrected chi connectivity index (χ0v) is 10.5. The lowest BCUT2D eigenvalue weighted by atomic mass is 10.0. The number of hydrogen-bond donors (Lipinski definition) is 1. The minimum Gasteiger partial charge on any atom is -0.493 e. The van der Waals surface area contributed by atoms with E-state index in [1.807, 2.05) is 6.07 Å². The molecular formula is C15H21NO. The largest absolute Gasteiger partial charge is 0.493 e. The third-order valence-electron chi connectivity index (χ3n) is 4.08. The predicted molar refractivity (Wildman–Crippen MR) is 69.4 cm³/mol. The molecule has 2 nitrogen and oxygen atoms in total. The molecule has 2 aliphatic rings. The van der Waals surface area contributed by atoms with Gasteiger partial charge >= 0.3 is 0 Å². The molecule has 2 atom stereocenters. The van der Waals surface area contributed by atoms with Crippen LogP contribution in [0.2, 0.25) is 0 Å². The summed E-state index contributed by atoms with van der Waals surface area (Å²) in [5.41, 5.74) is 1.37. The summed E-state index contributed by atoms with van der Waals surface area (Å²) in [4.78, 5) is 0. The van der Waals surface area contributed by atoms with Crippen LogP contribution in [0.25, 0.3) is 0 Å². The Balaban J connectivity index is 1.50. The van der Waals surface area contributed by atoms with E-state index < -0.39 is 0 Å². The van der Waals surface area contributed by atoms with Crippen LogP contribution in [0.1, 0.15) is 31.2 Å². The first-order valence-corrected chi connectivity index (χ1v) is 6.77. The molecule has 0 radical (unpaired) electrons. The second-order valence-electron chi connectivity index (χ2n) is 5.52. The van der Waals surface area contributed by atoms with E-state index in [1.54, 1.807) is 0 Å². The molecule has 92 valence electrons. The van der Waals surface area contributed by atoms with E-state index in [0.717, 1.165) is 37.3 Å². The Morgan fingerprint density at radius 2 is 2.18 bits per heavy atom. The van der Waals surface area contributed by atoms with Crippen LogP contribution < -0.4 is 10.1 Å². The maximum atomic E-state index is 5.69. The Bertz CT molecular complexity index is 386. The quantitative estimate of drug-likeness (QED) is 0.841. The molecule has 1 aromatic rings. The lowest BCUT2D eigenvalue weighted by Crippen LogP contribution is -2.27. The number of hydrogen-bond acceptors (Lipinski definition) is 2. The fourth-order valence-corrected chi connectivity index (χ4v) is 2.72. The van der Waals surface area contributed by atoms with E-state index in [0.29, 0.717) is 5.92 Å². The smallest absolute Gasteiger partial charge is 0.122 e. The molecule has 0 bridgehead atoms. The number of para-hydroxylation sites is 1. The van der Waals surface area contributed by atoms with Gasteiger partial charge in [-0.25, -0.2) is 0 Å². The first-order valence-electron chi connectivity index (χ1n) is 6.77. The first-order chi connectivity index (χ1) is 8.34. The molecule has 3 rings (SSSR count). The van der Waals surface area contributed by atoms with E-state index in [9.17, 15) is 0 Å². The molecule has 0 aromatic heterocycles. The molecule has 2 heteroatoms. The standard InChI is InChI=1S/C15H21NO/c1-11(12-6-7-12)8-16-9-13-10-17-15-5-3-2-4-14(13)15/h2-5,11-13,16H,6-10H2,1H3. The predicted octanol–water partition coefficient (Wildman–Crippen LogP) is 2.80. The van der Waals surface area contributed by atoms with E-state index >= 15 is 0 Å². The maximum absolute atomic E-state index is 5.69. The van der Waals surface area contributed by atoms with Crippen molar-refractivity contribution in [2.24, 2.45) is 11.8 Å². The van der Waals surface area contributed by atoms with Gasteiger partial charge in [-0.1, -0.05) is 25.1 Å². The van der Waals surface area contributed by atoms with Crippen LogP contribution in [0, 0.1) is 11.8 Å². The molecule has 2 unspecified atom stereocenters. The summed E-state index contributed by atoms with van der Waals surface area (Å²) in [5.74, 6) is 3.45. The molecular weight excluding hydrogens is 210 g/mol. The molecule has 1 aliphatic carbocycles. The van der Waals surface area contributed by atoms with Gasteiger partial charge in [0.2, 0.25) is 0 Å². The van der Waals surface area contributed by atoms with Crippen LogP contribution in [0.5, 0.6) is 5.75 Å². The Morgan fingerprint density at radius 3 is 3.00 bits per heavy atom. The van der Waals surface area contributed by atoms with Crippen LogP contribution >= 0.6 is 0 Å². The molecule has 0 amide bonds. The summed E-state index contributed by atoms with van der Waals surface area (Å²) >= 11 is 0. The van der Waals surface area contributed by atoms with Crippen molar-refractivity contribution in [2.75, 3.05) is 19.7 Å². The number of benzene rings is 1. The Hall–Kier alpha value is -1.02. The molecule has 1 heterocycles. The number of rotatable bonds is 5. The lowest BCUT2D eigenvalue weighted by molar-refractivity contribution is 0.323. The Labute approximate surface area is 103 Å². The van der Waals surface area contributed by atoms with Crippen molar-refractivity contribution in [1.29, 1.82) is 0 Å². The highest BCUT2D eigenvalue weighted by Crippen LogP contribution is 2.36. The number of ether oxygens (including phenoxy) is 1. The molecule has 17 heavy (non-hydrogen) atoms. The molecule has 1 fully saturated rings. The summed E-state index contributed by atoms with van der Waals surface area (Å²) < 4.78 is 5.69. The van der Waals surface area contributed by atoms with Gasteiger partial charge in [-0.05, 0) is 37.3 Å². The molecule has 0 saturated heterocycles. The van der Waals surface area contributed by atoms with Crippen molar-refractivity contribution < 1.29 is 4.74 Å². The Kier molecular flexibility index (Phi) is 3.06. The molecule has 1 N–H and O–H groups in total. The average Bonchev–Trinajstić information content (AvgIpc) is 3.12. The topological polar surface area (TPSA) is 21.3 Å². The third-order valence-corrected chi connectivity index (χ3v) is 4.08. The molecule has 1 aromatic carbocycles. The summed E-state index contributed by atoms with van der Waals surface area (Å²) in [7, 11) is 0. The summed E-state index contributed by atoms with van der Waals surface area (Å²) in [6.07, 6.45) is 2.89. The van der Waals surface area contributed by atoms with Crippen LogP contribution in [0.4, 0.5) is 0 Å². The van der Waals surface area contributed by atoms with Crippen molar-refractivity contribution in [3.63, 3.8) is 0 Å². The SMILES string of the molecule is CC(CNCC1COc2ccccc21)C1CC1. The maximum Gasteiger partial charge on any atom is 0.122 e. The van der Waals surface area contributed by atoms with Crippen molar-refractivity contribution in [1.82, 2.24) is 5.32 Å². The van der Waals surface area contributed by atoms with E-state index in [4.69, 9.17) is 4.74 Å². The highest BCUT2D eigenvalue weighted by molar-refractivity contribution is 5.39. The van der Waals surface area contributed by atoms with Gasteiger partial charge in [0.25, 0.3) is 0 Å². The van der Waals surface area contributed by atoms with Gasteiger partial charge in [-0.15, -0.1) is 0 Å². The summed E-state index contributed by atoms with van der Waals surface area (Å²) in [6.45, 7) is 5.41. The van der Waals surface area contributed by atoms with Crippen molar-refractivity contribution in [3.8, 4) is 5.75 Å². The fourth-order valence-electron chi connectivity index (χ4n) is 2.72. The van der Waals surface area contributed by atoms with Crippen LogP contribution in [-0.4, -0.2) is 19.7 Å². The van der Waals surface area contributed by atoms with Crippen molar-refractivity contribution >= 4 is 0 Å². The second kappa shape index (κ2) is 4.69. The van der Waals surface area contributed by atoms with Gasteiger partial charge in [-0.3, -0.25) is 0 Å². The van der Waals surface area contributed by atoms with Crippen LogP contribution in [-0.2, 0) is 0 Å². The lowest BCUT2D eigenvalue weighted by Gasteiger charge is -2.14. The van der Waals surface area contributed by atoms with E-state index in [-0.39, 0.29) is 0 Å². The van der Waals surface area contributed by atoms with Crippen LogP contribution in [0.3, 0.4) is 0 Å². The fraction of sp³-hybridized carbons (Fsp3) is 0.600. The van der Waals surface area contributed by atoms with E-state index in [1.165, 1.54) is 18.4 Å². The summed E-state index contributed by atoms with van der Waals surface area (Å²) in [5, 5.41) is 3.61. The van der Waals surface area contributed by atoms with Crippen LogP contribution in [0.15, 0.2) is 24.3 Å². The normalized spacial score (nSPS) is 24.2. The molecule has 0 spiro atoms. The van der Waals surface area contributed by atoms with Crippen molar-refractivity contribution in [3.05, 3.63) is 29.8 Å². The zero-order valence-electron chi connectivity index (χ0n) is 10.5. The zero-order chi connectivity index (χ0) is 11.7. The number of fused-ring (bicyclic) bond motifs is 1. The van der Waals surface area contributed by atoms with Gasteiger partial charge in [0, 0.05) is 18.0 Å². The van der Waals surface area contributed by atoms with E-state index in [2.05, 4.69) is 30.4 Å². The molecule has 1 aliphatic heterocycles. The monoisotopic (exact) mass is 231 g/mol. The Morgan fingerprint density at radius 1 is 1.35 bits per heavy atom. The highest BCUT2D eigenvalue weighted by atomic mass is 16.5. The van der Waals surface area contributed by atoms with Gasteiger partial charge in [-0.2, -0.15) is 0 Å². The summed E-state index contributed by atoms with van der Waals surface area (Å²) in [6, 6.07) is 8.41. The second-order valence-corrected chi connectivity index (χ2v) is 5.52. The minimum absolute atomic E-state index is 0.539. The first kappa shape index (κ1) is 11.1. The molecule has 1 saturated carbocycles.